The SMILES string of the molecule is C=C/C(=C\N=C)OC(C)C. The molecular weight excluding hydrogens is 126 g/mol. The molecule has 0 heterocycles. The van der Waals surface area contributed by atoms with Gasteiger partial charge in [-0.05, 0) is 26.6 Å². The minimum Gasteiger partial charge on any atom is -0.489 e. The summed E-state index contributed by atoms with van der Waals surface area (Å²) < 4.78 is 5.25. The molecule has 0 aromatic carbocycles. The summed E-state index contributed by atoms with van der Waals surface area (Å²) >= 11 is 0. The second-order valence-corrected chi connectivity index (χ2v) is 2.08. The van der Waals surface area contributed by atoms with Crippen molar-refractivity contribution in [2.75, 3.05) is 0 Å². The molecular formula is C8H13NO. The van der Waals surface area contributed by atoms with Crippen molar-refractivity contribution in [1.29, 1.82) is 0 Å². The minimum atomic E-state index is 0.158. The fourth-order valence-corrected chi connectivity index (χ4v) is 0.493. The lowest BCUT2D eigenvalue weighted by Gasteiger charge is -2.08. The van der Waals surface area contributed by atoms with Gasteiger partial charge in [0.15, 0.2) is 0 Å². The number of aliphatic imine (C=N–C) groups is 1. The van der Waals surface area contributed by atoms with E-state index in [9.17, 15) is 0 Å². The molecule has 0 amide bonds. The first-order valence-electron chi connectivity index (χ1n) is 3.15. The molecule has 0 spiro atoms. The molecule has 0 bridgehead atoms. The van der Waals surface area contributed by atoms with Gasteiger partial charge < -0.3 is 4.74 Å². The Labute approximate surface area is 61.9 Å². The average Bonchev–Trinajstić information content (AvgIpc) is 1.86. The zero-order valence-electron chi connectivity index (χ0n) is 6.50. The summed E-state index contributed by atoms with van der Waals surface area (Å²) in [5.74, 6) is 0.657. The van der Waals surface area contributed by atoms with Crippen LogP contribution in [0.2, 0.25) is 0 Å². The maximum Gasteiger partial charge on any atom is 0.137 e. The van der Waals surface area contributed by atoms with Gasteiger partial charge >= 0.3 is 0 Å². The predicted octanol–water partition coefficient (Wildman–Crippen LogP) is 2.14. The van der Waals surface area contributed by atoms with E-state index in [2.05, 4.69) is 18.3 Å². The molecule has 0 aliphatic rings. The van der Waals surface area contributed by atoms with E-state index < -0.39 is 0 Å². The number of rotatable bonds is 4. The molecule has 0 saturated heterocycles. The van der Waals surface area contributed by atoms with Crippen LogP contribution in [-0.2, 0) is 4.74 Å². The molecule has 0 aromatic heterocycles. The summed E-state index contributed by atoms with van der Waals surface area (Å²) in [6.07, 6.45) is 3.30. The molecule has 0 saturated carbocycles. The first kappa shape index (κ1) is 8.95. The van der Waals surface area contributed by atoms with E-state index in [1.807, 2.05) is 13.8 Å². The van der Waals surface area contributed by atoms with Crippen LogP contribution in [0.4, 0.5) is 0 Å². The number of allylic oxidation sites excluding steroid dienone is 1. The first-order chi connectivity index (χ1) is 4.70. The van der Waals surface area contributed by atoms with Crippen LogP contribution < -0.4 is 0 Å². The Morgan fingerprint density at radius 2 is 2.20 bits per heavy atom. The largest absolute Gasteiger partial charge is 0.489 e. The molecule has 0 fully saturated rings. The molecule has 0 aromatic rings. The lowest BCUT2D eigenvalue weighted by Crippen LogP contribution is -1.99. The number of ether oxygens (including phenoxy) is 1. The van der Waals surface area contributed by atoms with Crippen LogP contribution in [0.25, 0.3) is 0 Å². The summed E-state index contributed by atoms with van der Waals surface area (Å²) in [6, 6.07) is 0. The van der Waals surface area contributed by atoms with Crippen molar-refractivity contribution in [3.63, 3.8) is 0 Å². The van der Waals surface area contributed by atoms with Crippen LogP contribution in [0.3, 0.4) is 0 Å². The minimum absolute atomic E-state index is 0.158. The van der Waals surface area contributed by atoms with Gasteiger partial charge in [-0.3, -0.25) is 4.99 Å². The van der Waals surface area contributed by atoms with E-state index >= 15 is 0 Å². The predicted molar refractivity (Wildman–Crippen MR) is 44.1 cm³/mol. The maximum atomic E-state index is 5.25. The Bertz CT molecular complexity index is 147. The Morgan fingerprint density at radius 3 is 2.50 bits per heavy atom. The van der Waals surface area contributed by atoms with Crippen molar-refractivity contribution in [2.24, 2.45) is 4.99 Å². The quantitative estimate of drug-likeness (QED) is 0.332. The molecule has 0 radical (unpaired) electrons. The average molecular weight is 139 g/mol. The Hall–Kier alpha value is -1.05. The fraction of sp³-hybridized carbons (Fsp3) is 0.375. The van der Waals surface area contributed by atoms with Gasteiger partial charge in [0.1, 0.15) is 5.76 Å². The molecule has 0 N–H and O–H groups in total. The van der Waals surface area contributed by atoms with Crippen molar-refractivity contribution in [3.8, 4) is 0 Å². The Balaban J connectivity index is 3.95. The summed E-state index contributed by atoms with van der Waals surface area (Å²) in [7, 11) is 0. The zero-order valence-corrected chi connectivity index (χ0v) is 6.50. The van der Waals surface area contributed by atoms with Gasteiger partial charge in [0.05, 0.1) is 12.3 Å². The van der Waals surface area contributed by atoms with Crippen LogP contribution in [0, 0.1) is 0 Å². The van der Waals surface area contributed by atoms with Gasteiger partial charge in [-0.15, -0.1) is 0 Å². The standard InChI is InChI=1S/C8H13NO/c1-5-8(6-9-4)10-7(2)3/h5-7H,1,4H2,2-3H3/b8-6+. The van der Waals surface area contributed by atoms with Gasteiger partial charge in [0.2, 0.25) is 0 Å². The van der Waals surface area contributed by atoms with Gasteiger partial charge in [0.25, 0.3) is 0 Å². The van der Waals surface area contributed by atoms with Crippen molar-refractivity contribution in [3.05, 3.63) is 24.6 Å². The highest BCUT2D eigenvalue weighted by atomic mass is 16.5. The smallest absolute Gasteiger partial charge is 0.137 e. The highest BCUT2D eigenvalue weighted by molar-refractivity contribution is 5.27. The molecule has 0 aliphatic carbocycles. The molecule has 2 nitrogen and oxygen atoms in total. The topological polar surface area (TPSA) is 21.6 Å². The van der Waals surface area contributed by atoms with Crippen molar-refractivity contribution < 1.29 is 4.74 Å². The summed E-state index contributed by atoms with van der Waals surface area (Å²) in [5.41, 5.74) is 0. The molecule has 0 rings (SSSR count). The van der Waals surface area contributed by atoms with Crippen LogP contribution in [0.5, 0.6) is 0 Å². The van der Waals surface area contributed by atoms with E-state index in [-0.39, 0.29) is 6.10 Å². The summed E-state index contributed by atoms with van der Waals surface area (Å²) in [6.45, 7) is 10.7. The highest BCUT2D eigenvalue weighted by Gasteiger charge is 1.94. The Kier molecular flexibility index (Phi) is 4.29. The summed E-state index contributed by atoms with van der Waals surface area (Å²) in [5, 5.41) is 0. The lowest BCUT2D eigenvalue weighted by molar-refractivity contribution is 0.157. The first-order valence-corrected chi connectivity index (χ1v) is 3.15. The van der Waals surface area contributed by atoms with Gasteiger partial charge in [0, 0.05) is 0 Å². The second-order valence-electron chi connectivity index (χ2n) is 2.08. The van der Waals surface area contributed by atoms with Gasteiger partial charge in [-0.1, -0.05) is 6.58 Å². The van der Waals surface area contributed by atoms with Crippen molar-refractivity contribution >= 4 is 6.72 Å². The van der Waals surface area contributed by atoms with E-state index in [0.29, 0.717) is 5.76 Å². The van der Waals surface area contributed by atoms with E-state index in [4.69, 9.17) is 4.74 Å². The third-order valence-electron chi connectivity index (χ3n) is 0.791. The van der Waals surface area contributed by atoms with Crippen LogP contribution in [0.15, 0.2) is 29.6 Å². The van der Waals surface area contributed by atoms with Crippen LogP contribution in [-0.4, -0.2) is 12.8 Å². The lowest BCUT2D eigenvalue weighted by atomic mass is 10.4. The molecule has 0 aliphatic heterocycles. The van der Waals surface area contributed by atoms with Gasteiger partial charge in [-0.25, -0.2) is 0 Å². The van der Waals surface area contributed by atoms with E-state index in [1.165, 1.54) is 6.20 Å². The maximum absolute atomic E-state index is 5.25. The normalized spacial score (nSPS) is 11.3. The van der Waals surface area contributed by atoms with E-state index in [1.54, 1.807) is 6.08 Å². The third kappa shape index (κ3) is 3.89. The number of hydrogen-bond acceptors (Lipinski definition) is 2. The molecule has 0 atom stereocenters. The van der Waals surface area contributed by atoms with E-state index in [0.717, 1.165) is 0 Å². The summed E-state index contributed by atoms with van der Waals surface area (Å²) in [4.78, 5) is 3.55. The van der Waals surface area contributed by atoms with Crippen LogP contribution in [0.1, 0.15) is 13.8 Å². The molecule has 0 unspecified atom stereocenters. The monoisotopic (exact) mass is 139 g/mol. The Morgan fingerprint density at radius 1 is 1.60 bits per heavy atom. The van der Waals surface area contributed by atoms with Crippen molar-refractivity contribution in [2.45, 2.75) is 20.0 Å². The highest BCUT2D eigenvalue weighted by Crippen LogP contribution is 2.02. The third-order valence-corrected chi connectivity index (χ3v) is 0.791. The zero-order chi connectivity index (χ0) is 7.98. The number of nitrogens with zero attached hydrogens (tertiary/aromatic N) is 1. The fourth-order valence-electron chi connectivity index (χ4n) is 0.493. The molecule has 2 heteroatoms. The number of hydrogen-bond donors (Lipinski definition) is 0. The van der Waals surface area contributed by atoms with Gasteiger partial charge in [-0.2, -0.15) is 0 Å². The van der Waals surface area contributed by atoms with Crippen molar-refractivity contribution in [1.82, 2.24) is 0 Å². The second kappa shape index (κ2) is 4.79. The molecule has 56 valence electrons. The van der Waals surface area contributed by atoms with Crippen LogP contribution >= 0.6 is 0 Å². The molecule has 10 heavy (non-hydrogen) atoms.